The first kappa shape index (κ1) is 15.3. The summed E-state index contributed by atoms with van der Waals surface area (Å²) in [5, 5.41) is 1.99. The van der Waals surface area contributed by atoms with E-state index in [-0.39, 0.29) is 23.9 Å². The van der Waals surface area contributed by atoms with Crippen LogP contribution in [0, 0.1) is 0 Å². The number of likely N-dealkylation sites (tertiary alicyclic amines) is 2. The number of carbonyl (C=O) groups excluding carboxylic acids is 2. The van der Waals surface area contributed by atoms with Crippen molar-refractivity contribution >= 4 is 23.2 Å². The average Bonchev–Trinajstić information content (AvgIpc) is 3.28. The molecule has 4 rings (SSSR count). The number of aromatic nitrogens is 1. The van der Waals surface area contributed by atoms with Gasteiger partial charge in [0.25, 0.3) is 0 Å². The van der Waals surface area contributed by atoms with Crippen molar-refractivity contribution in [1.82, 2.24) is 14.8 Å². The Morgan fingerprint density at radius 2 is 2.21 bits per heavy atom. The van der Waals surface area contributed by atoms with E-state index >= 15 is 0 Å². The molecular formula is C18H19N3O2S. The van der Waals surface area contributed by atoms with E-state index in [2.05, 4.69) is 4.98 Å². The highest BCUT2D eigenvalue weighted by Crippen LogP contribution is 2.34. The maximum atomic E-state index is 12.6. The zero-order chi connectivity index (χ0) is 16.5. The highest BCUT2D eigenvalue weighted by Gasteiger charge is 2.47. The summed E-state index contributed by atoms with van der Waals surface area (Å²) in [5.41, 5.74) is 1.04. The van der Waals surface area contributed by atoms with Crippen LogP contribution in [-0.4, -0.2) is 45.2 Å². The van der Waals surface area contributed by atoms with Crippen molar-refractivity contribution in [2.75, 3.05) is 6.54 Å². The minimum atomic E-state index is 0.0293. The van der Waals surface area contributed by atoms with E-state index in [1.807, 2.05) is 39.4 Å². The van der Waals surface area contributed by atoms with Gasteiger partial charge in [0.15, 0.2) is 0 Å². The number of hydrogen-bond acceptors (Lipinski definition) is 4. The lowest BCUT2D eigenvalue weighted by molar-refractivity contribution is -0.131. The Kier molecular flexibility index (Phi) is 4.06. The lowest BCUT2D eigenvalue weighted by atomic mass is 10.1. The van der Waals surface area contributed by atoms with Gasteiger partial charge in [0.2, 0.25) is 11.8 Å². The third kappa shape index (κ3) is 2.82. The Bertz CT molecular complexity index is 732. The van der Waals surface area contributed by atoms with Gasteiger partial charge >= 0.3 is 0 Å². The molecular weight excluding hydrogens is 322 g/mol. The van der Waals surface area contributed by atoms with E-state index in [1.165, 1.54) is 0 Å². The minimum absolute atomic E-state index is 0.0293. The average molecular weight is 341 g/mol. The van der Waals surface area contributed by atoms with Gasteiger partial charge in [0.05, 0.1) is 18.5 Å². The molecule has 0 radical (unpaired) electrons. The van der Waals surface area contributed by atoms with E-state index in [0.29, 0.717) is 19.4 Å². The number of nitrogens with zero attached hydrogens (tertiary/aromatic N) is 3. The molecule has 4 heterocycles. The lowest BCUT2D eigenvalue weighted by Crippen LogP contribution is -2.40. The van der Waals surface area contributed by atoms with Crippen LogP contribution in [0.15, 0.2) is 42.0 Å². The first-order valence-electron chi connectivity index (χ1n) is 8.22. The second kappa shape index (κ2) is 6.36. The van der Waals surface area contributed by atoms with Crippen molar-refractivity contribution < 1.29 is 9.59 Å². The second-order valence-corrected chi connectivity index (χ2v) is 7.39. The minimum Gasteiger partial charge on any atom is -0.337 e. The second-order valence-electron chi connectivity index (χ2n) is 6.35. The number of hydrogen-bond donors (Lipinski definition) is 0. The fourth-order valence-electron chi connectivity index (χ4n) is 3.80. The van der Waals surface area contributed by atoms with E-state index in [1.54, 1.807) is 23.7 Å². The van der Waals surface area contributed by atoms with Crippen LogP contribution in [-0.2, 0) is 22.6 Å². The van der Waals surface area contributed by atoms with Crippen LogP contribution in [0.2, 0.25) is 0 Å². The largest absolute Gasteiger partial charge is 0.337 e. The van der Waals surface area contributed by atoms with Crippen molar-refractivity contribution in [1.29, 1.82) is 0 Å². The number of fused-ring (bicyclic) bond motifs is 1. The summed E-state index contributed by atoms with van der Waals surface area (Å²) >= 11 is 1.61. The molecule has 0 aliphatic carbocycles. The standard InChI is InChI=1S/C18H19N3O2S/c22-17(9-14-4-2-8-24-14)20-7-5-15-16(20)10-18(23)21(15)12-13-3-1-6-19-11-13/h1-4,6,8,11,15-16H,5,7,9-10,12H2/t15-,16+/m0/s1. The van der Waals surface area contributed by atoms with Gasteiger partial charge in [-0.15, -0.1) is 11.3 Å². The number of carbonyl (C=O) groups is 2. The molecule has 2 aromatic heterocycles. The van der Waals surface area contributed by atoms with Gasteiger partial charge in [0, 0.05) is 36.8 Å². The van der Waals surface area contributed by atoms with Gasteiger partial charge in [0.1, 0.15) is 0 Å². The van der Waals surface area contributed by atoms with Gasteiger partial charge in [-0.05, 0) is 29.5 Å². The molecule has 6 heteroatoms. The maximum Gasteiger partial charge on any atom is 0.228 e. The fraction of sp³-hybridized carbons (Fsp3) is 0.389. The van der Waals surface area contributed by atoms with Crippen LogP contribution in [0.1, 0.15) is 23.3 Å². The Morgan fingerprint density at radius 1 is 1.29 bits per heavy atom. The highest BCUT2D eigenvalue weighted by molar-refractivity contribution is 7.10. The molecule has 0 saturated carbocycles. The van der Waals surface area contributed by atoms with Gasteiger partial charge in [-0.25, -0.2) is 0 Å². The molecule has 0 bridgehead atoms. The third-order valence-corrected chi connectivity index (χ3v) is 5.79. The molecule has 0 N–H and O–H groups in total. The number of rotatable bonds is 4. The fourth-order valence-corrected chi connectivity index (χ4v) is 4.49. The van der Waals surface area contributed by atoms with Gasteiger partial charge in [-0.2, -0.15) is 0 Å². The molecule has 2 saturated heterocycles. The van der Waals surface area contributed by atoms with Crippen molar-refractivity contribution in [2.24, 2.45) is 0 Å². The Balaban J connectivity index is 1.46. The summed E-state index contributed by atoms with van der Waals surface area (Å²) in [6.45, 7) is 1.33. The zero-order valence-corrected chi connectivity index (χ0v) is 14.1. The summed E-state index contributed by atoms with van der Waals surface area (Å²) in [4.78, 5) is 34.1. The summed E-state index contributed by atoms with van der Waals surface area (Å²) in [7, 11) is 0. The summed E-state index contributed by atoms with van der Waals surface area (Å²) < 4.78 is 0. The van der Waals surface area contributed by atoms with E-state index < -0.39 is 0 Å². The molecule has 0 aromatic carbocycles. The van der Waals surface area contributed by atoms with Crippen molar-refractivity contribution in [3.63, 3.8) is 0 Å². The van der Waals surface area contributed by atoms with Crippen molar-refractivity contribution in [3.05, 3.63) is 52.5 Å². The van der Waals surface area contributed by atoms with Crippen LogP contribution in [0.5, 0.6) is 0 Å². The van der Waals surface area contributed by atoms with Crippen LogP contribution < -0.4 is 0 Å². The summed E-state index contributed by atoms with van der Waals surface area (Å²) in [6.07, 6.45) is 5.29. The molecule has 124 valence electrons. The molecule has 2 aliphatic rings. The maximum absolute atomic E-state index is 12.6. The summed E-state index contributed by atoms with van der Waals surface area (Å²) in [5.74, 6) is 0.281. The SMILES string of the molecule is O=C(Cc1cccs1)N1CC[C@H]2[C@H]1CC(=O)N2Cc1cccnc1. The monoisotopic (exact) mass is 341 g/mol. The smallest absolute Gasteiger partial charge is 0.228 e. The quantitative estimate of drug-likeness (QED) is 0.856. The van der Waals surface area contributed by atoms with Crippen molar-refractivity contribution in [2.45, 2.75) is 37.9 Å². The van der Waals surface area contributed by atoms with E-state index in [0.717, 1.165) is 23.4 Å². The van der Waals surface area contributed by atoms with Gasteiger partial charge in [-0.3, -0.25) is 14.6 Å². The van der Waals surface area contributed by atoms with Crippen LogP contribution in [0.25, 0.3) is 0 Å². The van der Waals surface area contributed by atoms with Crippen LogP contribution in [0.4, 0.5) is 0 Å². The molecule has 0 spiro atoms. The summed E-state index contributed by atoms with van der Waals surface area (Å²) in [6, 6.07) is 8.01. The Hall–Kier alpha value is -2.21. The molecule has 24 heavy (non-hydrogen) atoms. The van der Waals surface area contributed by atoms with Crippen molar-refractivity contribution in [3.8, 4) is 0 Å². The number of thiophene rings is 1. The molecule has 2 aromatic rings. The van der Waals surface area contributed by atoms with Gasteiger partial charge < -0.3 is 9.80 Å². The van der Waals surface area contributed by atoms with E-state index in [4.69, 9.17) is 0 Å². The molecule has 0 unspecified atom stereocenters. The van der Waals surface area contributed by atoms with Crippen LogP contribution in [0.3, 0.4) is 0 Å². The normalized spacial score (nSPS) is 22.9. The first-order chi connectivity index (χ1) is 11.7. The molecule has 2 fully saturated rings. The predicted molar refractivity (Wildman–Crippen MR) is 91.3 cm³/mol. The van der Waals surface area contributed by atoms with Crippen LogP contribution >= 0.6 is 11.3 Å². The Morgan fingerprint density at radius 3 is 2.96 bits per heavy atom. The highest BCUT2D eigenvalue weighted by atomic mass is 32.1. The predicted octanol–water partition coefficient (Wildman–Crippen LogP) is 2.09. The lowest BCUT2D eigenvalue weighted by Gasteiger charge is -2.25. The topological polar surface area (TPSA) is 53.5 Å². The molecule has 2 amide bonds. The number of amides is 2. The van der Waals surface area contributed by atoms with E-state index in [9.17, 15) is 9.59 Å². The number of pyridine rings is 1. The van der Waals surface area contributed by atoms with Gasteiger partial charge in [-0.1, -0.05) is 12.1 Å². The molecule has 2 atom stereocenters. The Labute approximate surface area is 144 Å². The zero-order valence-electron chi connectivity index (χ0n) is 13.3. The first-order valence-corrected chi connectivity index (χ1v) is 9.10. The third-order valence-electron chi connectivity index (χ3n) is 4.92. The molecule has 2 aliphatic heterocycles. The molecule has 5 nitrogen and oxygen atoms in total.